The van der Waals surface area contributed by atoms with Crippen LogP contribution in [0.1, 0.15) is 39.5 Å². The molecule has 0 radical (unpaired) electrons. The zero-order chi connectivity index (χ0) is 14.4. The molecule has 0 atom stereocenters. The molecule has 20 heavy (non-hydrogen) atoms. The van der Waals surface area contributed by atoms with E-state index in [2.05, 4.69) is 19.2 Å². The van der Waals surface area contributed by atoms with Gasteiger partial charge in [0.15, 0.2) is 5.79 Å². The van der Waals surface area contributed by atoms with Crippen LogP contribution < -0.4 is 5.32 Å². The third-order valence-corrected chi connectivity index (χ3v) is 4.66. The highest BCUT2D eigenvalue weighted by Crippen LogP contribution is 2.44. The molecule has 6 nitrogen and oxygen atoms in total. The van der Waals surface area contributed by atoms with Crippen molar-refractivity contribution in [3.05, 3.63) is 0 Å². The van der Waals surface area contributed by atoms with E-state index in [4.69, 9.17) is 14.9 Å². The Labute approximate surface area is 119 Å². The molecule has 2 heterocycles. The van der Waals surface area contributed by atoms with Crippen molar-refractivity contribution in [1.82, 2.24) is 10.2 Å². The van der Waals surface area contributed by atoms with E-state index in [1.165, 1.54) is 0 Å². The van der Waals surface area contributed by atoms with Crippen molar-refractivity contribution in [3.63, 3.8) is 0 Å². The summed E-state index contributed by atoms with van der Waals surface area (Å²) in [5.74, 6) is 0.273. The zero-order valence-electron chi connectivity index (χ0n) is 12.2. The van der Waals surface area contributed by atoms with Gasteiger partial charge in [-0.05, 0) is 18.8 Å². The Morgan fingerprint density at radius 3 is 2.40 bits per heavy atom. The summed E-state index contributed by atoms with van der Waals surface area (Å²) in [6, 6.07) is -0.132. The molecule has 2 N–H and O–H groups in total. The normalized spacial score (nSPS) is 27.9. The minimum atomic E-state index is -0.470. The van der Waals surface area contributed by atoms with E-state index < -0.39 is 11.3 Å². The van der Waals surface area contributed by atoms with Gasteiger partial charge >= 0.3 is 6.03 Å². The van der Waals surface area contributed by atoms with Crippen LogP contribution in [0, 0.1) is 11.3 Å². The fourth-order valence-electron chi connectivity index (χ4n) is 3.59. The van der Waals surface area contributed by atoms with Gasteiger partial charge in [0.2, 0.25) is 0 Å². The van der Waals surface area contributed by atoms with E-state index in [1.54, 1.807) is 0 Å². The van der Waals surface area contributed by atoms with Crippen LogP contribution in [0.2, 0.25) is 0 Å². The average Bonchev–Trinajstić information content (AvgIpc) is 2.93. The van der Waals surface area contributed by atoms with E-state index in [1.807, 2.05) is 4.90 Å². The van der Waals surface area contributed by atoms with Gasteiger partial charge in [0.1, 0.15) is 11.4 Å². The molecule has 1 aliphatic carbocycles. The summed E-state index contributed by atoms with van der Waals surface area (Å²) in [5.41, 5.74) is -0.470. The van der Waals surface area contributed by atoms with Crippen LogP contribution in [-0.2, 0) is 9.47 Å². The summed E-state index contributed by atoms with van der Waals surface area (Å²) in [6.45, 7) is 6.17. The Morgan fingerprint density at radius 1 is 1.25 bits per heavy atom. The topological polar surface area (TPSA) is 74.7 Å². The van der Waals surface area contributed by atoms with Crippen LogP contribution in [0.25, 0.3) is 0 Å². The van der Waals surface area contributed by atoms with Crippen molar-refractivity contribution in [2.24, 2.45) is 5.92 Å². The predicted molar refractivity (Wildman–Crippen MR) is 73.6 cm³/mol. The molecule has 2 saturated heterocycles. The smallest absolute Gasteiger partial charge is 0.323 e. The largest absolute Gasteiger partial charge is 0.348 e. The Bertz CT molecular complexity index is 419. The summed E-state index contributed by atoms with van der Waals surface area (Å²) in [5, 5.41) is 10.9. The first-order valence-corrected chi connectivity index (χ1v) is 7.43. The number of amides is 2. The molecule has 3 fully saturated rings. The Hall–Kier alpha value is -1.14. The second-order valence-electron chi connectivity index (χ2n) is 6.45. The SMILES string of the molecule is CC(C)CN1C(=O)NC(=N)C12CCC1(CC2)OCCO1. The molecular formula is C14H23N3O3. The van der Waals surface area contributed by atoms with Gasteiger partial charge in [0.25, 0.3) is 0 Å². The Morgan fingerprint density at radius 2 is 1.85 bits per heavy atom. The van der Waals surface area contributed by atoms with Gasteiger partial charge in [-0.1, -0.05) is 13.8 Å². The molecular weight excluding hydrogens is 258 g/mol. The number of rotatable bonds is 2. The molecule has 3 rings (SSSR count). The van der Waals surface area contributed by atoms with Crippen LogP contribution in [0.4, 0.5) is 4.79 Å². The average molecular weight is 281 g/mol. The quantitative estimate of drug-likeness (QED) is 0.809. The number of nitrogens with one attached hydrogen (secondary N) is 2. The molecule has 0 aromatic carbocycles. The molecule has 0 aromatic heterocycles. The van der Waals surface area contributed by atoms with Crippen LogP contribution in [0.15, 0.2) is 0 Å². The summed E-state index contributed by atoms with van der Waals surface area (Å²) >= 11 is 0. The lowest BCUT2D eigenvalue weighted by Crippen LogP contribution is -2.55. The van der Waals surface area contributed by atoms with Crippen molar-refractivity contribution in [2.45, 2.75) is 50.9 Å². The Kier molecular flexibility index (Phi) is 3.25. The van der Waals surface area contributed by atoms with E-state index >= 15 is 0 Å². The molecule has 2 aliphatic heterocycles. The van der Waals surface area contributed by atoms with Gasteiger partial charge in [-0.3, -0.25) is 10.7 Å². The number of hydrogen-bond acceptors (Lipinski definition) is 4. The standard InChI is InChI=1S/C14H23N3O3/c1-10(2)9-17-12(18)16-11(15)13(17)3-5-14(6-4-13)19-7-8-20-14/h10H,3-9H2,1-2H3,(H2,15,16,18). The molecule has 112 valence electrons. The van der Waals surface area contributed by atoms with Gasteiger partial charge in [0, 0.05) is 19.4 Å². The first-order chi connectivity index (χ1) is 9.47. The van der Waals surface area contributed by atoms with E-state index in [0.29, 0.717) is 31.5 Å². The zero-order valence-corrected chi connectivity index (χ0v) is 12.2. The lowest BCUT2D eigenvalue weighted by molar-refractivity contribution is -0.186. The van der Waals surface area contributed by atoms with Crippen molar-refractivity contribution in [2.75, 3.05) is 19.8 Å². The molecule has 6 heteroatoms. The third-order valence-electron chi connectivity index (χ3n) is 4.66. The van der Waals surface area contributed by atoms with Gasteiger partial charge < -0.3 is 14.4 Å². The van der Waals surface area contributed by atoms with Gasteiger partial charge in [0.05, 0.1) is 13.2 Å². The van der Waals surface area contributed by atoms with Crippen LogP contribution >= 0.6 is 0 Å². The van der Waals surface area contributed by atoms with Gasteiger partial charge in [-0.25, -0.2) is 4.79 Å². The van der Waals surface area contributed by atoms with Crippen molar-refractivity contribution >= 4 is 11.9 Å². The lowest BCUT2D eigenvalue weighted by Gasteiger charge is -2.45. The van der Waals surface area contributed by atoms with Crippen molar-refractivity contribution in [3.8, 4) is 0 Å². The lowest BCUT2D eigenvalue weighted by atomic mass is 9.77. The van der Waals surface area contributed by atoms with Gasteiger partial charge in [-0.15, -0.1) is 0 Å². The molecule has 3 aliphatic rings. The molecule has 2 amide bonds. The highest BCUT2D eigenvalue weighted by Gasteiger charge is 2.55. The molecule has 2 spiro atoms. The van der Waals surface area contributed by atoms with Crippen molar-refractivity contribution < 1.29 is 14.3 Å². The number of carbonyl (C=O) groups excluding carboxylic acids is 1. The van der Waals surface area contributed by atoms with Crippen molar-refractivity contribution in [1.29, 1.82) is 5.41 Å². The Balaban J connectivity index is 1.79. The highest BCUT2D eigenvalue weighted by molar-refractivity contribution is 6.08. The monoisotopic (exact) mass is 281 g/mol. The highest BCUT2D eigenvalue weighted by atomic mass is 16.7. The van der Waals surface area contributed by atoms with E-state index in [9.17, 15) is 4.79 Å². The number of urea groups is 1. The first-order valence-electron chi connectivity index (χ1n) is 7.43. The van der Waals surface area contributed by atoms with Crippen LogP contribution in [0.3, 0.4) is 0 Å². The third kappa shape index (κ3) is 2.02. The summed E-state index contributed by atoms with van der Waals surface area (Å²) in [4.78, 5) is 14.0. The number of amidine groups is 1. The maximum atomic E-state index is 12.1. The minimum absolute atomic E-state index is 0.132. The summed E-state index contributed by atoms with van der Waals surface area (Å²) < 4.78 is 11.5. The molecule has 1 saturated carbocycles. The predicted octanol–water partition coefficient (Wildman–Crippen LogP) is 1.70. The number of carbonyl (C=O) groups is 1. The second-order valence-corrected chi connectivity index (χ2v) is 6.45. The fourth-order valence-corrected chi connectivity index (χ4v) is 3.59. The maximum absolute atomic E-state index is 12.1. The minimum Gasteiger partial charge on any atom is -0.348 e. The van der Waals surface area contributed by atoms with E-state index in [0.717, 1.165) is 25.7 Å². The molecule has 0 aromatic rings. The second kappa shape index (κ2) is 4.70. The number of ether oxygens (including phenoxy) is 2. The maximum Gasteiger partial charge on any atom is 0.323 e. The van der Waals surface area contributed by atoms with Crippen LogP contribution in [-0.4, -0.2) is 47.9 Å². The van der Waals surface area contributed by atoms with E-state index in [-0.39, 0.29) is 6.03 Å². The first kappa shape index (κ1) is 13.8. The number of hydrogen-bond donors (Lipinski definition) is 2. The summed E-state index contributed by atoms with van der Waals surface area (Å²) in [7, 11) is 0. The van der Waals surface area contributed by atoms with Crippen LogP contribution in [0.5, 0.6) is 0 Å². The summed E-state index contributed by atoms with van der Waals surface area (Å²) in [6.07, 6.45) is 2.96. The number of nitrogens with zero attached hydrogens (tertiary/aromatic N) is 1. The van der Waals surface area contributed by atoms with Gasteiger partial charge in [-0.2, -0.15) is 0 Å². The molecule has 0 bridgehead atoms. The fraction of sp³-hybridized carbons (Fsp3) is 0.857. The molecule has 0 unspecified atom stereocenters.